The van der Waals surface area contributed by atoms with Crippen LogP contribution in [0.25, 0.3) is 10.8 Å². The molecule has 1 aliphatic rings. The molecule has 244 valence electrons. The number of hydrogen-bond acceptors (Lipinski definition) is 6. The summed E-state index contributed by atoms with van der Waals surface area (Å²) in [7, 11) is 1.60. The molecule has 1 fully saturated rings. The maximum atomic E-state index is 13.8. The van der Waals surface area contributed by atoms with E-state index in [-0.39, 0.29) is 43.9 Å². The first-order valence-corrected chi connectivity index (χ1v) is 15.6. The molecule has 0 radical (unpaired) electrons. The second-order valence-electron chi connectivity index (χ2n) is 11.6. The van der Waals surface area contributed by atoms with Gasteiger partial charge < -0.3 is 25.0 Å². The van der Waals surface area contributed by atoms with Crippen molar-refractivity contribution in [3.63, 3.8) is 0 Å². The van der Waals surface area contributed by atoms with Gasteiger partial charge in [0.2, 0.25) is 12.3 Å². The lowest BCUT2D eigenvalue weighted by atomic mass is 10.0. The number of amides is 4. The minimum absolute atomic E-state index is 0.0463. The third kappa shape index (κ3) is 7.90. The van der Waals surface area contributed by atoms with Gasteiger partial charge in [-0.1, -0.05) is 72.8 Å². The molecular formula is C37H41N5O5. The number of carbonyl (C=O) groups is 3. The quantitative estimate of drug-likeness (QED) is 0.151. The normalized spacial score (nSPS) is 15.3. The van der Waals surface area contributed by atoms with Crippen LogP contribution in [0.1, 0.15) is 23.6 Å². The molecule has 2 atom stereocenters. The molecule has 1 aliphatic heterocycles. The highest BCUT2D eigenvalue weighted by Crippen LogP contribution is 2.26. The van der Waals surface area contributed by atoms with Crippen molar-refractivity contribution < 1.29 is 24.2 Å². The summed E-state index contributed by atoms with van der Waals surface area (Å²) in [4.78, 5) is 43.6. The van der Waals surface area contributed by atoms with Gasteiger partial charge in [0.1, 0.15) is 17.7 Å². The number of hydrogen-bond donors (Lipinski definition) is 2. The molecule has 47 heavy (non-hydrogen) atoms. The summed E-state index contributed by atoms with van der Waals surface area (Å²) in [5, 5.41) is 18.1. The molecule has 5 rings (SSSR count). The van der Waals surface area contributed by atoms with Gasteiger partial charge in [0, 0.05) is 19.1 Å². The maximum Gasteiger partial charge on any atom is 0.332 e. The minimum Gasteiger partial charge on any atom is -0.508 e. The van der Waals surface area contributed by atoms with E-state index in [4.69, 9.17) is 4.74 Å². The molecule has 0 aromatic heterocycles. The number of methoxy groups -OCH3 is 1. The molecule has 4 amide bonds. The summed E-state index contributed by atoms with van der Waals surface area (Å²) in [6, 6.07) is 27.7. The average Bonchev–Trinajstić information content (AvgIpc) is 3.41. The second kappa shape index (κ2) is 15.3. The monoisotopic (exact) mass is 635 g/mol. The van der Waals surface area contributed by atoms with Gasteiger partial charge in [0.25, 0.3) is 0 Å². The van der Waals surface area contributed by atoms with E-state index in [0.29, 0.717) is 13.0 Å². The number of hydrazine groups is 1. The van der Waals surface area contributed by atoms with Crippen molar-refractivity contribution >= 4 is 29.1 Å². The van der Waals surface area contributed by atoms with Gasteiger partial charge >= 0.3 is 6.03 Å². The Balaban J connectivity index is 1.42. The summed E-state index contributed by atoms with van der Waals surface area (Å²) in [6.07, 6.45) is 2.30. The number of benzene rings is 4. The van der Waals surface area contributed by atoms with E-state index in [1.165, 1.54) is 5.01 Å². The van der Waals surface area contributed by atoms with Crippen molar-refractivity contribution in [2.45, 2.75) is 38.6 Å². The molecule has 4 aromatic rings. The number of nitrogens with one attached hydrogen (secondary N) is 1. The van der Waals surface area contributed by atoms with E-state index >= 15 is 0 Å². The van der Waals surface area contributed by atoms with E-state index in [1.54, 1.807) is 40.1 Å². The van der Waals surface area contributed by atoms with Gasteiger partial charge in [0.15, 0.2) is 0 Å². The number of fused-ring (bicyclic) bond motifs is 1. The van der Waals surface area contributed by atoms with Crippen molar-refractivity contribution in [3.05, 3.63) is 120 Å². The zero-order valence-corrected chi connectivity index (χ0v) is 26.8. The molecule has 10 heteroatoms. The fourth-order valence-corrected chi connectivity index (χ4v) is 6.12. The molecule has 2 N–H and O–H groups in total. The van der Waals surface area contributed by atoms with E-state index < -0.39 is 12.2 Å². The molecule has 0 bridgehead atoms. The number of phenolic OH excluding ortho intramolecular Hbond substituents is 1. The summed E-state index contributed by atoms with van der Waals surface area (Å²) >= 11 is 0. The average molecular weight is 636 g/mol. The fraction of sp³-hybridized carbons (Fsp3) is 0.270. The van der Waals surface area contributed by atoms with Crippen LogP contribution in [0, 0.1) is 0 Å². The molecule has 10 nitrogen and oxygen atoms in total. The van der Waals surface area contributed by atoms with Crippen LogP contribution in [-0.4, -0.2) is 82.2 Å². The third-order valence-corrected chi connectivity index (χ3v) is 8.44. The Labute approximate surface area is 275 Å². The Hall–Kier alpha value is -5.35. The number of ether oxygens (including phenoxy) is 1. The standard InChI is InChI=1S/C37H41N5O5/c1-4-20-40(37(46)38-22-29-14-18-33(47-3)19-15-29)41-25-36(45)42(27(2)21-28-12-16-32(44)17-13-28)35(41)24-39(26-43)23-31-10-7-9-30-8-5-6-11-34(30)31/h4-19,26-27,35,44H,1,20-25H2,2-3H3,(H,38,46)/t27-,35-/m1/s1. The van der Waals surface area contributed by atoms with Crippen LogP contribution in [-0.2, 0) is 29.1 Å². The first-order chi connectivity index (χ1) is 22.8. The SMILES string of the molecule is C=CCN(C(=O)NCc1ccc(OC)cc1)N1CC(=O)N([C@H](C)Cc2ccc(O)cc2)[C@@H]1CN(C=O)Cc1cccc2ccccc12. The van der Waals surface area contributed by atoms with Crippen LogP contribution in [0.5, 0.6) is 11.5 Å². The first-order valence-electron chi connectivity index (χ1n) is 15.6. The van der Waals surface area contributed by atoms with Crippen molar-refractivity contribution in [2.75, 3.05) is 26.7 Å². The predicted octanol–water partition coefficient (Wildman–Crippen LogP) is 4.93. The summed E-state index contributed by atoms with van der Waals surface area (Å²) in [5.41, 5.74) is 2.82. The van der Waals surface area contributed by atoms with Gasteiger partial charge in [-0.3, -0.25) is 14.6 Å². The van der Waals surface area contributed by atoms with Crippen molar-refractivity contribution in [2.24, 2.45) is 0 Å². The van der Waals surface area contributed by atoms with E-state index in [0.717, 1.165) is 39.6 Å². The van der Waals surface area contributed by atoms with E-state index in [1.807, 2.05) is 85.8 Å². The molecule has 1 saturated heterocycles. The Morgan fingerprint density at radius 2 is 1.74 bits per heavy atom. The van der Waals surface area contributed by atoms with Gasteiger partial charge in [-0.25, -0.2) is 4.79 Å². The van der Waals surface area contributed by atoms with Crippen molar-refractivity contribution in [1.29, 1.82) is 0 Å². The van der Waals surface area contributed by atoms with Gasteiger partial charge in [0.05, 0.1) is 26.7 Å². The van der Waals surface area contributed by atoms with Crippen LogP contribution >= 0.6 is 0 Å². The summed E-state index contributed by atoms with van der Waals surface area (Å²) < 4.78 is 5.24. The Morgan fingerprint density at radius 3 is 2.45 bits per heavy atom. The minimum atomic E-state index is -0.638. The number of phenols is 1. The van der Waals surface area contributed by atoms with Gasteiger partial charge in [-0.2, -0.15) is 5.01 Å². The first kappa shape index (κ1) is 33.0. The van der Waals surface area contributed by atoms with Crippen LogP contribution in [0.3, 0.4) is 0 Å². The molecular weight excluding hydrogens is 594 g/mol. The second-order valence-corrected chi connectivity index (χ2v) is 11.6. The Bertz CT molecular complexity index is 1690. The van der Waals surface area contributed by atoms with Crippen molar-refractivity contribution in [1.82, 2.24) is 25.1 Å². The maximum absolute atomic E-state index is 13.8. The molecule has 0 spiro atoms. The molecule has 1 heterocycles. The summed E-state index contributed by atoms with van der Waals surface area (Å²) in [6.45, 7) is 6.70. The number of aromatic hydroxyl groups is 1. The van der Waals surface area contributed by atoms with Gasteiger partial charge in [-0.15, -0.1) is 6.58 Å². The number of carbonyl (C=O) groups excluding carboxylic acids is 3. The highest BCUT2D eigenvalue weighted by molar-refractivity contribution is 5.86. The molecule has 4 aromatic carbocycles. The zero-order chi connectivity index (χ0) is 33.3. The van der Waals surface area contributed by atoms with Crippen molar-refractivity contribution in [3.8, 4) is 11.5 Å². The zero-order valence-electron chi connectivity index (χ0n) is 26.8. The highest BCUT2D eigenvalue weighted by Gasteiger charge is 2.44. The predicted molar refractivity (Wildman–Crippen MR) is 181 cm³/mol. The topological polar surface area (TPSA) is 106 Å². The van der Waals surface area contributed by atoms with E-state index in [2.05, 4.69) is 11.9 Å². The molecule has 0 aliphatic carbocycles. The Morgan fingerprint density at radius 1 is 1.04 bits per heavy atom. The fourth-order valence-electron chi connectivity index (χ4n) is 6.12. The number of nitrogens with zero attached hydrogens (tertiary/aromatic N) is 4. The van der Waals surface area contributed by atoms with E-state index in [9.17, 15) is 19.5 Å². The summed E-state index contributed by atoms with van der Waals surface area (Å²) in [5.74, 6) is 0.726. The third-order valence-electron chi connectivity index (χ3n) is 8.44. The van der Waals surface area contributed by atoms with Crippen LogP contribution < -0.4 is 10.1 Å². The lowest BCUT2D eigenvalue weighted by Gasteiger charge is -2.40. The largest absolute Gasteiger partial charge is 0.508 e. The Kier molecular flexibility index (Phi) is 10.7. The van der Waals surface area contributed by atoms with Crippen LogP contribution in [0.15, 0.2) is 104 Å². The highest BCUT2D eigenvalue weighted by atomic mass is 16.5. The lowest BCUT2D eigenvalue weighted by molar-refractivity contribution is -0.132. The smallest absolute Gasteiger partial charge is 0.332 e. The van der Waals surface area contributed by atoms with Gasteiger partial charge in [-0.05, 0) is 65.1 Å². The number of rotatable bonds is 14. The lowest BCUT2D eigenvalue weighted by Crippen LogP contribution is -2.58. The van der Waals surface area contributed by atoms with Crippen LogP contribution in [0.4, 0.5) is 4.79 Å². The number of urea groups is 1. The van der Waals surface area contributed by atoms with Crippen LogP contribution in [0.2, 0.25) is 0 Å². The molecule has 0 unspecified atom stereocenters. The molecule has 0 saturated carbocycles.